The first-order valence-corrected chi connectivity index (χ1v) is 8.08. The standard InChI is InChI=1S/C19H17F3N2O2/c1-12(2)17(25)14-10-23-24-15(14)8-9-16(18(24)19(20,21)22)26-11-13-6-4-3-5-7-13/h3-10,12H,11H2,1-2H3. The lowest BCUT2D eigenvalue weighted by molar-refractivity contribution is -0.144. The van der Waals surface area contributed by atoms with Gasteiger partial charge in [0.1, 0.15) is 6.61 Å². The average molecular weight is 362 g/mol. The summed E-state index contributed by atoms with van der Waals surface area (Å²) >= 11 is 0. The lowest BCUT2D eigenvalue weighted by Gasteiger charge is -2.15. The van der Waals surface area contributed by atoms with Crippen LogP contribution in [-0.2, 0) is 12.8 Å². The molecule has 0 unspecified atom stereocenters. The predicted molar refractivity (Wildman–Crippen MR) is 90.1 cm³/mol. The summed E-state index contributed by atoms with van der Waals surface area (Å²) in [6, 6.07) is 11.6. The summed E-state index contributed by atoms with van der Waals surface area (Å²) in [6.45, 7) is 3.37. The predicted octanol–water partition coefficient (Wildman–Crippen LogP) is 4.77. The maximum Gasteiger partial charge on any atom is 0.437 e. The fourth-order valence-electron chi connectivity index (χ4n) is 2.65. The van der Waals surface area contributed by atoms with Gasteiger partial charge in [-0.3, -0.25) is 4.79 Å². The summed E-state index contributed by atoms with van der Waals surface area (Å²) in [4.78, 5) is 12.2. The van der Waals surface area contributed by atoms with Crippen LogP contribution in [0.25, 0.3) is 5.52 Å². The van der Waals surface area contributed by atoms with E-state index in [0.29, 0.717) is 0 Å². The van der Waals surface area contributed by atoms with Crippen LogP contribution in [0.2, 0.25) is 0 Å². The van der Waals surface area contributed by atoms with Gasteiger partial charge in [0.25, 0.3) is 0 Å². The number of hydrogen-bond acceptors (Lipinski definition) is 3. The first-order chi connectivity index (χ1) is 12.3. The van der Waals surface area contributed by atoms with E-state index in [9.17, 15) is 18.0 Å². The number of aromatic nitrogens is 2. The van der Waals surface area contributed by atoms with Crippen LogP contribution in [-0.4, -0.2) is 15.4 Å². The highest BCUT2D eigenvalue weighted by atomic mass is 19.4. The second-order valence-corrected chi connectivity index (χ2v) is 6.19. The van der Waals surface area contributed by atoms with Gasteiger partial charge < -0.3 is 4.74 Å². The van der Waals surface area contributed by atoms with Gasteiger partial charge in [0, 0.05) is 5.92 Å². The molecule has 0 atom stereocenters. The van der Waals surface area contributed by atoms with E-state index in [2.05, 4.69) is 5.10 Å². The Morgan fingerprint density at radius 2 is 1.85 bits per heavy atom. The van der Waals surface area contributed by atoms with Crippen LogP contribution in [0, 0.1) is 5.92 Å². The SMILES string of the molecule is CC(C)C(=O)c1cnn2c(C(F)(F)F)c(OCc3ccccc3)ccc12. The number of rotatable bonds is 5. The number of hydrogen-bond donors (Lipinski definition) is 0. The van der Waals surface area contributed by atoms with E-state index >= 15 is 0 Å². The van der Waals surface area contributed by atoms with Crippen LogP contribution < -0.4 is 4.74 Å². The van der Waals surface area contributed by atoms with Crippen LogP contribution in [0.5, 0.6) is 5.75 Å². The minimum atomic E-state index is -4.68. The third-order valence-corrected chi connectivity index (χ3v) is 3.94. The molecule has 0 fully saturated rings. The Morgan fingerprint density at radius 3 is 2.46 bits per heavy atom. The zero-order valence-corrected chi connectivity index (χ0v) is 14.2. The monoisotopic (exact) mass is 362 g/mol. The number of alkyl halides is 3. The fraction of sp³-hybridized carbons (Fsp3) is 0.263. The molecule has 0 spiro atoms. The number of Topliss-reactive ketones (excluding diaryl/α,β-unsaturated/α-hetero) is 1. The zero-order valence-electron chi connectivity index (χ0n) is 14.2. The first kappa shape index (κ1) is 18.0. The molecule has 0 amide bonds. The molecule has 7 heteroatoms. The average Bonchev–Trinajstić information content (AvgIpc) is 3.02. The molecule has 3 rings (SSSR count). The quantitative estimate of drug-likeness (QED) is 0.614. The number of nitrogens with zero attached hydrogens (tertiary/aromatic N) is 2. The Kier molecular flexibility index (Phi) is 4.71. The fourth-order valence-corrected chi connectivity index (χ4v) is 2.65. The van der Waals surface area contributed by atoms with Gasteiger partial charge in [-0.1, -0.05) is 44.2 Å². The van der Waals surface area contributed by atoms with E-state index in [1.165, 1.54) is 18.3 Å². The van der Waals surface area contributed by atoms with Crippen molar-refractivity contribution in [2.75, 3.05) is 0 Å². The van der Waals surface area contributed by atoms with Gasteiger partial charge in [0.15, 0.2) is 17.2 Å². The highest BCUT2D eigenvalue weighted by molar-refractivity contribution is 6.03. The molecule has 4 nitrogen and oxygen atoms in total. The molecule has 1 aromatic carbocycles. The molecule has 0 radical (unpaired) electrons. The van der Waals surface area contributed by atoms with Gasteiger partial charge in [-0.05, 0) is 17.7 Å². The highest BCUT2D eigenvalue weighted by Crippen LogP contribution is 2.37. The van der Waals surface area contributed by atoms with Crippen molar-refractivity contribution >= 4 is 11.3 Å². The van der Waals surface area contributed by atoms with Gasteiger partial charge in [-0.25, -0.2) is 4.52 Å². The molecular formula is C19H17F3N2O2. The number of halogens is 3. The van der Waals surface area contributed by atoms with Gasteiger partial charge in [0.05, 0.1) is 17.3 Å². The van der Waals surface area contributed by atoms with Crippen molar-refractivity contribution in [1.29, 1.82) is 0 Å². The maximum atomic E-state index is 13.6. The lowest BCUT2D eigenvalue weighted by Crippen LogP contribution is -2.15. The Hall–Kier alpha value is -2.83. The number of carbonyl (C=O) groups is 1. The third-order valence-electron chi connectivity index (χ3n) is 3.94. The summed E-state index contributed by atoms with van der Waals surface area (Å²) in [6.07, 6.45) is -3.51. The topological polar surface area (TPSA) is 43.6 Å². The van der Waals surface area contributed by atoms with Gasteiger partial charge in [0.2, 0.25) is 0 Å². The third kappa shape index (κ3) is 3.42. The first-order valence-electron chi connectivity index (χ1n) is 8.08. The number of ether oxygens (including phenoxy) is 1. The molecule has 26 heavy (non-hydrogen) atoms. The Labute approximate surface area is 148 Å². The Balaban J connectivity index is 2.05. The van der Waals surface area contributed by atoms with Crippen molar-refractivity contribution in [3.8, 4) is 5.75 Å². The smallest absolute Gasteiger partial charge is 0.437 e. The molecule has 0 bridgehead atoms. The molecule has 3 aromatic rings. The molecule has 2 heterocycles. The Bertz CT molecular complexity index is 931. The molecule has 0 aliphatic rings. The van der Waals surface area contributed by atoms with E-state index in [1.54, 1.807) is 38.1 Å². The van der Waals surface area contributed by atoms with Crippen molar-refractivity contribution in [1.82, 2.24) is 9.61 Å². The highest BCUT2D eigenvalue weighted by Gasteiger charge is 2.39. The lowest BCUT2D eigenvalue weighted by atomic mass is 10.0. The zero-order chi connectivity index (χ0) is 18.9. The molecule has 2 aromatic heterocycles. The van der Waals surface area contributed by atoms with Crippen molar-refractivity contribution in [2.45, 2.75) is 26.6 Å². The molecule has 136 valence electrons. The second kappa shape index (κ2) is 6.82. The van der Waals surface area contributed by atoms with Crippen LogP contribution in [0.4, 0.5) is 13.2 Å². The number of ketones is 1. The van der Waals surface area contributed by atoms with Crippen molar-refractivity contribution in [2.24, 2.45) is 5.92 Å². The summed E-state index contributed by atoms with van der Waals surface area (Å²) in [7, 11) is 0. The molecular weight excluding hydrogens is 345 g/mol. The largest absolute Gasteiger partial charge is 0.487 e. The van der Waals surface area contributed by atoms with Gasteiger partial charge >= 0.3 is 6.18 Å². The number of carbonyl (C=O) groups excluding carboxylic acids is 1. The number of benzene rings is 1. The van der Waals surface area contributed by atoms with Gasteiger partial charge in [-0.2, -0.15) is 18.3 Å². The van der Waals surface area contributed by atoms with Crippen LogP contribution in [0.3, 0.4) is 0 Å². The molecule has 0 saturated carbocycles. The van der Waals surface area contributed by atoms with Gasteiger partial charge in [-0.15, -0.1) is 0 Å². The normalized spacial score (nSPS) is 11.9. The maximum absolute atomic E-state index is 13.6. The van der Waals surface area contributed by atoms with E-state index in [4.69, 9.17) is 4.74 Å². The molecule has 0 saturated heterocycles. The summed E-state index contributed by atoms with van der Waals surface area (Å²) in [5.74, 6) is -0.932. The van der Waals surface area contributed by atoms with Crippen molar-refractivity contribution in [3.63, 3.8) is 0 Å². The van der Waals surface area contributed by atoms with Crippen LogP contribution >= 0.6 is 0 Å². The summed E-state index contributed by atoms with van der Waals surface area (Å²) < 4.78 is 47.1. The van der Waals surface area contributed by atoms with Crippen LogP contribution in [0.15, 0.2) is 48.7 Å². The molecule has 0 N–H and O–H groups in total. The van der Waals surface area contributed by atoms with E-state index in [1.807, 2.05) is 6.07 Å². The van der Waals surface area contributed by atoms with Crippen molar-refractivity contribution in [3.05, 3.63) is 65.5 Å². The Morgan fingerprint density at radius 1 is 1.15 bits per heavy atom. The summed E-state index contributed by atoms with van der Waals surface area (Å²) in [5.41, 5.74) is -0.00575. The summed E-state index contributed by atoms with van der Waals surface area (Å²) in [5, 5.41) is 3.80. The van der Waals surface area contributed by atoms with Crippen LogP contribution in [0.1, 0.15) is 35.5 Å². The molecule has 0 aliphatic heterocycles. The van der Waals surface area contributed by atoms with Crippen molar-refractivity contribution < 1.29 is 22.7 Å². The number of pyridine rings is 1. The van der Waals surface area contributed by atoms with E-state index in [0.717, 1.165) is 10.1 Å². The molecule has 0 aliphatic carbocycles. The minimum Gasteiger partial charge on any atom is -0.487 e. The second-order valence-electron chi connectivity index (χ2n) is 6.19. The minimum absolute atomic E-state index is 0.00548. The van der Waals surface area contributed by atoms with E-state index < -0.39 is 11.9 Å². The number of fused-ring (bicyclic) bond motifs is 1. The van der Waals surface area contributed by atoms with E-state index in [-0.39, 0.29) is 35.1 Å².